The van der Waals surface area contributed by atoms with Crippen LogP contribution in [0.15, 0.2) is 0 Å². The monoisotopic (exact) mass is 281 g/mol. The fourth-order valence-electron chi connectivity index (χ4n) is 1.73. The van der Waals surface area contributed by atoms with Gasteiger partial charge in [0.2, 0.25) is 0 Å². The third kappa shape index (κ3) is 7.51. The van der Waals surface area contributed by atoms with E-state index in [1.165, 1.54) is 0 Å². The van der Waals surface area contributed by atoms with Crippen molar-refractivity contribution >= 4 is 11.6 Å². The minimum Gasteiger partial charge on any atom is -0.382 e. The number of hydrogen-bond donors (Lipinski definition) is 0. The van der Waals surface area contributed by atoms with Gasteiger partial charge in [-0.2, -0.15) is 0 Å². The molecule has 0 aromatic rings. The van der Waals surface area contributed by atoms with Crippen LogP contribution in [-0.2, 0) is 18.9 Å². The summed E-state index contributed by atoms with van der Waals surface area (Å²) in [6, 6.07) is 0. The lowest BCUT2D eigenvalue weighted by Crippen LogP contribution is -2.44. The highest BCUT2D eigenvalue weighted by Gasteiger charge is 2.18. The van der Waals surface area contributed by atoms with Gasteiger partial charge < -0.3 is 18.9 Å². The Morgan fingerprint density at radius 3 is 2.61 bits per heavy atom. The molecule has 1 heterocycles. The first-order chi connectivity index (χ1) is 8.86. The van der Waals surface area contributed by atoms with Crippen LogP contribution in [0.4, 0.5) is 0 Å². The fourth-order valence-corrected chi connectivity index (χ4v) is 1.92. The predicted octanol–water partition coefficient (Wildman–Crippen LogP) is 0.606. The molecule has 0 aliphatic carbocycles. The molecule has 1 aliphatic heterocycles. The van der Waals surface area contributed by atoms with Crippen LogP contribution in [0.1, 0.15) is 0 Å². The van der Waals surface area contributed by atoms with Crippen LogP contribution in [0, 0.1) is 0 Å². The Morgan fingerprint density at radius 1 is 1.17 bits per heavy atom. The molecular formula is C12H24ClNO4. The average Bonchev–Trinajstić information content (AvgIpc) is 2.42. The largest absolute Gasteiger partial charge is 0.382 e. The summed E-state index contributed by atoms with van der Waals surface area (Å²) in [5.74, 6) is 0.560. The molecule has 0 radical (unpaired) electrons. The van der Waals surface area contributed by atoms with Crippen molar-refractivity contribution in [2.45, 2.75) is 6.10 Å². The molecule has 1 atom stereocenters. The second kappa shape index (κ2) is 11.0. The van der Waals surface area contributed by atoms with Crippen molar-refractivity contribution in [2.75, 3.05) is 72.3 Å². The molecule has 0 aromatic carbocycles. The predicted molar refractivity (Wildman–Crippen MR) is 70.4 cm³/mol. The number of alkyl halides is 1. The van der Waals surface area contributed by atoms with Crippen LogP contribution in [-0.4, -0.2) is 83.3 Å². The van der Waals surface area contributed by atoms with Crippen molar-refractivity contribution in [3.63, 3.8) is 0 Å². The summed E-state index contributed by atoms with van der Waals surface area (Å²) >= 11 is 5.78. The number of methoxy groups -OCH3 is 1. The lowest BCUT2D eigenvalue weighted by Gasteiger charge is -2.31. The maximum atomic E-state index is 5.78. The highest BCUT2D eigenvalue weighted by Crippen LogP contribution is 2.06. The molecule has 1 saturated heterocycles. The van der Waals surface area contributed by atoms with Crippen molar-refractivity contribution in [1.29, 1.82) is 0 Å². The summed E-state index contributed by atoms with van der Waals surface area (Å²) < 4.78 is 21.2. The van der Waals surface area contributed by atoms with Crippen LogP contribution in [0.5, 0.6) is 0 Å². The lowest BCUT2D eigenvalue weighted by molar-refractivity contribution is -0.0299. The molecule has 0 aromatic heterocycles. The number of morpholine rings is 1. The van der Waals surface area contributed by atoms with E-state index in [0.717, 1.165) is 32.8 Å². The Kier molecular flexibility index (Phi) is 9.83. The van der Waals surface area contributed by atoms with Crippen LogP contribution in [0.25, 0.3) is 0 Å². The van der Waals surface area contributed by atoms with E-state index in [4.69, 9.17) is 30.5 Å². The van der Waals surface area contributed by atoms with Gasteiger partial charge in [0.05, 0.1) is 45.7 Å². The van der Waals surface area contributed by atoms with Gasteiger partial charge in [0.25, 0.3) is 0 Å². The van der Waals surface area contributed by atoms with Crippen LogP contribution in [0.2, 0.25) is 0 Å². The van der Waals surface area contributed by atoms with Crippen molar-refractivity contribution in [3.8, 4) is 0 Å². The number of hydrogen-bond acceptors (Lipinski definition) is 5. The van der Waals surface area contributed by atoms with Gasteiger partial charge in [0.1, 0.15) is 0 Å². The van der Waals surface area contributed by atoms with Gasteiger partial charge in [-0.1, -0.05) is 0 Å². The van der Waals surface area contributed by atoms with E-state index in [-0.39, 0.29) is 6.10 Å². The summed E-state index contributed by atoms with van der Waals surface area (Å²) in [6.07, 6.45) is 0.165. The number of rotatable bonds is 10. The van der Waals surface area contributed by atoms with E-state index < -0.39 is 0 Å². The fraction of sp³-hybridized carbons (Fsp3) is 1.00. The minimum absolute atomic E-state index is 0.165. The molecule has 1 aliphatic rings. The molecule has 1 rings (SSSR count). The molecule has 108 valence electrons. The van der Waals surface area contributed by atoms with Crippen molar-refractivity contribution in [1.82, 2.24) is 4.90 Å². The third-order valence-electron chi connectivity index (χ3n) is 2.75. The smallest absolute Gasteiger partial charge is 0.0837 e. The molecule has 18 heavy (non-hydrogen) atoms. The van der Waals surface area contributed by atoms with E-state index in [1.807, 2.05) is 0 Å². The van der Waals surface area contributed by atoms with Gasteiger partial charge >= 0.3 is 0 Å². The molecule has 1 fully saturated rings. The highest BCUT2D eigenvalue weighted by molar-refractivity contribution is 6.18. The molecule has 0 spiro atoms. The van der Waals surface area contributed by atoms with Gasteiger partial charge in [-0.25, -0.2) is 0 Å². The zero-order valence-electron chi connectivity index (χ0n) is 11.1. The zero-order valence-corrected chi connectivity index (χ0v) is 11.9. The first-order valence-corrected chi connectivity index (χ1v) is 6.94. The van der Waals surface area contributed by atoms with Crippen LogP contribution < -0.4 is 0 Å². The first kappa shape index (κ1) is 16.1. The van der Waals surface area contributed by atoms with E-state index >= 15 is 0 Å². The second-order valence-electron chi connectivity index (χ2n) is 4.17. The topological polar surface area (TPSA) is 40.2 Å². The van der Waals surface area contributed by atoms with Gasteiger partial charge in [-0.05, 0) is 0 Å². The molecular weight excluding hydrogens is 258 g/mol. The normalized spacial score (nSPS) is 21.3. The quantitative estimate of drug-likeness (QED) is 0.433. The molecule has 0 bridgehead atoms. The summed E-state index contributed by atoms with van der Waals surface area (Å²) in [6.45, 7) is 6.78. The van der Waals surface area contributed by atoms with E-state index in [1.54, 1.807) is 7.11 Å². The molecule has 5 nitrogen and oxygen atoms in total. The number of ether oxygens (including phenoxy) is 4. The maximum absolute atomic E-state index is 5.78. The molecule has 0 N–H and O–H groups in total. The molecule has 1 unspecified atom stereocenters. The minimum atomic E-state index is 0.165. The molecule has 0 amide bonds. The first-order valence-electron chi connectivity index (χ1n) is 6.41. The van der Waals surface area contributed by atoms with Gasteiger partial charge in [0.15, 0.2) is 0 Å². The Labute approximate surface area is 114 Å². The van der Waals surface area contributed by atoms with Gasteiger partial charge in [-0.15, -0.1) is 11.6 Å². The van der Waals surface area contributed by atoms with Crippen molar-refractivity contribution < 1.29 is 18.9 Å². The summed E-state index contributed by atoms with van der Waals surface area (Å²) in [4.78, 5) is 2.32. The Balaban J connectivity index is 1.88. The van der Waals surface area contributed by atoms with E-state index in [2.05, 4.69) is 4.90 Å². The summed E-state index contributed by atoms with van der Waals surface area (Å²) in [7, 11) is 1.66. The second-order valence-corrected chi connectivity index (χ2v) is 4.47. The number of halogens is 1. The third-order valence-corrected chi connectivity index (χ3v) is 3.09. The maximum Gasteiger partial charge on any atom is 0.0837 e. The number of nitrogens with zero attached hydrogens (tertiary/aromatic N) is 1. The Bertz CT molecular complexity index is 197. The zero-order chi connectivity index (χ0) is 13.1. The lowest BCUT2D eigenvalue weighted by atomic mass is 10.3. The van der Waals surface area contributed by atoms with Crippen LogP contribution >= 0.6 is 11.6 Å². The average molecular weight is 282 g/mol. The van der Waals surface area contributed by atoms with Crippen molar-refractivity contribution in [2.24, 2.45) is 0 Å². The Hall–Kier alpha value is 0.0900. The SMILES string of the molecule is COCCOCCOCCN1CCOC(CCl)C1. The van der Waals surface area contributed by atoms with E-state index in [0.29, 0.717) is 32.3 Å². The van der Waals surface area contributed by atoms with Gasteiger partial charge in [0, 0.05) is 32.6 Å². The molecule has 6 heteroatoms. The van der Waals surface area contributed by atoms with Gasteiger partial charge in [-0.3, -0.25) is 4.90 Å². The van der Waals surface area contributed by atoms with Crippen molar-refractivity contribution in [3.05, 3.63) is 0 Å². The summed E-state index contributed by atoms with van der Waals surface area (Å²) in [5, 5.41) is 0. The summed E-state index contributed by atoms with van der Waals surface area (Å²) in [5.41, 5.74) is 0. The van der Waals surface area contributed by atoms with E-state index in [9.17, 15) is 0 Å². The molecule has 0 saturated carbocycles. The standard InChI is InChI=1S/C12H24ClNO4/c1-15-6-7-17-9-8-16-4-2-14-3-5-18-12(10-13)11-14/h12H,2-11H2,1H3. The Morgan fingerprint density at radius 2 is 1.89 bits per heavy atom. The van der Waals surface area contributed by atoms with Crippen LogP contribution in [0.3, 0.4) is 0 Å². The highest BCUT2D eigenvalue weighted by atomic mass is 35.5.